The molecule has 0 radical (unpaired) electrons. The van der Waals surface area contributed by atoms with Crippen molar-refractivity contribution in [1.29, 1.82) is 0 Å². The Morgan fingerprint density at radius 3 is 2.59 bits per heavy atom. The lowest BCUT2D eigenvalue weighted by Crippen LogP contribution is -2.28. The molecule has 1 unspecified atom stereocenters. The van der Waals surface area contributed by atoms with Gasteiger partial charge in [0.25, 0.3) is 5.76 Å². The summed E-state index contributed by atoms with van der Waals surface area (Å²) in [7, 11) is 6.22. The lowest BCUT2D eigenvalue weighted by atomic mass is 9.79. The van der Waals surface area contributed by atoms with Crippen LogP contribution in [0.25, 0.3) is 0 Å². The molecule has 148 valence electrons. The fourth-order valence-electron chi connectivity index (χ4n) is 3.90. The summed E-state index contributed by atoms with van der Waals surface area (Å²) in [6.45, 7) is 1.53. The third kappa shape index (κ3) is 4.23. The smallest absolute Gasteiger partial charge is 0.289 e. The van der Waals surface area contributed by atoms with Crippen LogP contribution < -0.4 is 4.90 Å². The molecular weight excluding hydrogens is 380 g/mol. The van der Waals surface area contributed by atoms with Crippen LogP contribution in [0, 0.1) is 6.08 Å². The van der Waals surface area contributed by atoms with Crippen molar-refractivity contribution in [3.8, 4) is 0 Å². The van der Waals surface area contributed by atoms with Crippen LogP contribution in [0.3, 0.4) is 0 Å². The van der Waals surface area contributed by atoms with Gasteiger partial charge in [0.2, 0.25) is 0 Å². The van der Waals surface area contributed by atoms with Crippen molar-refractivity contribution >= 4 is 17.3 Å². The van der Waals surface area contributed by atoms with E-state index in [0.717, 1.165) is 23.7 Å². The molecule has 1 aliphatic heterocycles. The molecule has 2 aliphatic rings. The van der Waals surface area contributed by atoms with E-state index in [1.165, 1.54) is 28.1 Å². The van der Waals surface area contributed by atoms with E-state index in [0.29, 0.717) is 6.61 Å². The summed E-state index contributed by atoms with van der Waals surface area (Å²) < 4.78 is 5.99. The number of para-hydroxylation sites is 1. The first-order chi connectivity index (χ1) is 14.0. The van der Waals surface area contributed by atoms with Gasteiger partial charge in [-0.05, 0) is 49.8 Å². The molecule has 2 aromatic carbocycles. The molecule has 3 nitrogen and oxygen atoms in total. The molecule has 0 spiro atoms. The quantitative estimate of drug-likeness (QED) is 0.614. The summed E-state index contributed by atoms with van der Waals surface area (Å²) in [6, 6.07) is 16.8. The normalized spacial score (nSPS) is 17.6. The van der Waals surface area contributed by atoms with Gasteiger partial charge in [0.1, 0.15) is 6.61 Å². The minimum absolute atomic E-state index is 0.218. The van der Waals surface area contributed by atoms with Gasteiger partial charge in [-0.3, -0.25) is 4.90 Å². The minimum Gasteiger partial charge on any atom is -0.464 e. The average molecular weight is 406 g/mol. The maximum atomic E-state index is 6.09. The van der Waals surface area contributed by atoms with Gasteiger partial charge in [0, 0.05) is 18.6 Å². The first-order valence-electron chi connectivity index (χ1n) is 9.94. The third-order valence-electron chi connectivity index (χ3n) is 5.46. The van der Waals surface area contributed by atoms with Gasteiger partial charge in [-0.2, -0.15) is 0 Å². The maximum Gasteiger partial charge on any atom is 0.289 e. The number of fused-ring (bicyclic) bond motifs is 1. The standard InChI is InChI=1S/C25H26ClN2O/c1-27(2)14-15-29-20-12-13-25-23(17-20)22(16-18-8-10-19(26)11-9-18)21-6-4-5-7-24(21)28(25)3/h4-13,22H,14-16H2,1-3H3/q+1. The topological polar surface area (TPSA) is 15.7 Å². The Hall–Kier alpha value is -2.58. The van der Waals surface area contributed by atoms with Crippen LogP contribution in [0.5, 0.6) is 0 Å². The second-order valence-corrected chi connectivity index (χ2v) is 8.21. The Morgan fingerprint density at radius 1 is 1.07 bits per heavy atom. The Morgan fingerprint density at radius 2 is 1.83 bits per heavy atom. The predicted molar refractivity (Wildman–Crippen MR) is 120 cm³/mol. The number of hydrogen-bond acceptors (Lipinski definition) is 3. The number of ether oxygens (including phenoxy) is 1. The molecular formula is C25H26ClN2O+. The Labute approximate surface area is 178 Å². The van der Waals surface area contributed by atoms with Gasteiger partial charge in [0.15, 0.2) is 11.3 Å². The summed E-state index contributed by atoms with van der Waals surface area (Å²) >= 11 is 6.09. The molecule has 0 fully saturated rings. The van der Waals surface area contributed by atoms with E-state index in [2.05, 4.69) is 65.4 Å². The summed E-state index contributed by atoms with van der Waals surface area (Å²) in [4.78, 5) is 4.37. The SMILES string of the molecule is CN(C)CCOC1=[C+]C2=C(C=C1)N(C)c1ccccc1C2Cc1ccc(Cl)cc1. The molecule has 2 aromatic rings. The first-order valence-corrected chi connectivity index (χ1v) is 10.3. The number of halogens is 1. The Bertz CT molecular complexity index is 973. The van der Waals surface area contributed by atoms with Crippen molar-refractivity contribution in [1.82, 2.24) is 4.90 Å². The van der Waals surface area contributed by atoms with E-state index in [9.17, 15) is 0 Å². The lowest BCUT2D eigenvalue weighted by molar-refractivity contribution is 0.191. The molecule has 29 heavy (non-hydrogen) atoms. The van der Waals surface area contributed by atoms with Crippen LogP contribution in [-0.4, -0.2) is 39.2 Å². The van der Waals surface area contributed by atoms with Crippen molar-refractivity contribution < 1.29 is 4.74 Å². The molecule has 0 amide bonds. The van der Waals surface area contributed by atoms with Crippen LogP contribution in [0.1, 0.15) is 17.0 Å². The highest BCUT2D eigenvalue weighted by Crippen LogP contribution is 2.44. The Balaban J connectivity index is 1.69. The van der Waals surface area contributed by atoms with E-state index in [1.54, 1.807) is 0 Å². The fourth-order valence-corrected chi connectivity index (χ4v) is 4.03. The number of allylic oxidation sites excluding steroid dienone is 4. The summed E-state index contributed by atoms with van der Waals surface area (Å²) in [6.07, 6.45) is 8.66. The average Bonchev–Trinajstić information content (AvgIpc) is 2.72. The zero-order chi connectivity index (χ0) is 20.4. The van der Waals surface area contributed by atoms with Gasteiger partial charge in [-0.15, -0.1) is 0 Å². The highest BCUT2D eigenvalue weighted by atomic mass is 35.5. The summed E-state index contributed by atoms with van der Waals surface area (Å²) in [5.41, 5.74) is 6.19. The van der Waals surface area contributed by atoms with Crippen LogP contribution in [0.15, 0.2) is 77.7 Å². The molecule has 1 atom stereocenters. The predicted octanol–water partition coefficient (Wildman–Crippen LogP) is 5.21. The molecule has 4 heteroatoms. The van der Waals surface area contributed by atoms with E-state index < -0.39 is 0 Å². The fraction of sp³-hybridized carbons (Fsp3) is 0.280. The van der Waals surface area contributed by atoms with E-state index in [1.807, 2.05) is 32.3 Å². The number of likely N-dealkylation sites (N-methyl/N-ethyl adjacent to an activating group) is 2. The monoisotopic (exact) mass is 405 g/mol. The van der Waals surface area contributed by atoms with Crippen LogP contribution in [-0.2, 0) is 11.2 Å². The molecule has 0 saturated carbocycles. The zero-order valence-corrected chi connectivity index (χ0v) is 17.9. The van der Waals surface area contributed by atoms with Crippen molar-refractivity contribution in [3.63, 3.8) is 0 Å². The second-order valence-electron chi connectivity index (χ2n) is 7.77. The van der Waals surface area contributed by atoms with E-state index in [-0.39, 0.29) is 5.92 Å². The zero-order valence-electron chi connectivity index (χ0n) is 17.2. The molecule has 1 aliphatic carbocycles. The van der Waals surface area contributed by atoms with Crippen LogP contribution in [0.2, 0.25) is 5.02 Å². The van der Waals surface area contributed by atoms with Crippen molar-refractivity contribution in [3.05, 3.63) is 99.9 Å². The molecule has 4 rings (SSSR count). The van der Waals surface area contributed by atoms with Gasteiger partial charge in [-0.25, -0.2) is 0 Å². The first kappa shape index (κ1) is 19.7. The van der Waals surface area contributed by atoms with Gasteiger partial charge in [0.05, 0.1) is 29.8 Å². The van der Waals surface area contributed by atoms with Gasteiger partial charge >= 0.3 is 0 Å². The van der Waals surface area contributed by atoms with Gasteiger partial charge < -0.3 is 9.64 Å². The number of benzene rings is 2. The maximum absolute atomic E-state index is 6.09. The lowest BCUT2D eigenvalue weighted by Gasteiger charge is -2.31. The largest absolute Gasteiger partial charge is 0.464 e. The minimum atomic E-state index is 0.218. The van der Waals surface area contributed by atoms with E-state index in [4.69, 9.17) is 16.3 Å². The van der Waals surface area contributed by atoms with E-state index >= 15 is 0 Å². The molecule has 0 aromatic heterocycles. The number of rotatable bonds is 6. The molecule has 0 bridgehead atoms. The summed E-state index contributed by atoms with van der Waals surface area (Å²) in [5.74, 6) is 1.02. The highest BCUT2D eigenvalue weighted by molar-refractivity contribution is 6.30. The number of nitrogens with zero attached hydrogens (tertiary/aromatic N) is 2. The number of hydrogen-bond donors (Lipinski definition) is 0. The van der Waals surface area contributed by atoms with Crippen LogP contribution >= 0.6 is 11.6 Å². The van der Waals surface area contributed by atoms with Crippen LogP contribution in [0.4, 0.5) is 5.69 Å². The molecule has 0 saturated heterocycles. The highest BCUT2D eigenvalue weighted by Gasteiger charge is 2.37. The molecule has 1 heterocycles. The van der Waals surface area contributed by atoms with Crippen molar-refractivity contribution in [2.24, 2.45) is 0 Å². The number of anilines is 1. The third-order valence-corrected chi connectivity index (χ3v) is 5.71. The van der Waals surface area contributed by atoms with Crippen molar-refractivity contribution in [2.75, 3.05) is 39.2 Å². The summed E-state index contributed by atoms with van der Waals surface area (Å²) in [5, 5.41) is 0.765. The molecule has 0 N–H and O–H groups in total. The second kappa shape index (κ2) is 8.42. The Kier molecular flexibility index (Phi) is 5.73. The van der Waals surface area contributed by atoms with Crippen molar-refractivity contribution in [2.45, 2.75) is 12.3 Å². The van der Waals surface area contributed by atoms with Gasteiger partial charge in [-0.1, -0.05) is 41.9 Å².